The van der Waals surface area contributed by atoms with E-state index in [0.29, 0.717) is 0 Å². The molecule has 0 aliphatic heterocycles. The second kappa shape index (κ2) is 4.97. The Bertz CT molecular complexity index is 716. The smallest absolute Gasteiger partial charge is 0.113 e. The van der Waals surface area contributed by atoms with Gasteiger partial charge in [0.1, 0.15) is 5.52 Å². The van der Waals surface area contributed by atoms with Gasteiger partial charge >= 0.3 is 0 Å². The quantitative estimate of drug-likeness (QED) is 0.685. The molecule has 0 amide bonds. The van der Waals surface area contributed by atoms with Gasteiger partial charge in [0.2, 0.25) is 0 Å². The van der Waals surface area contributed by atoms with E-state index in [4.69, 9.17) is 0 Å². The number of fused-ring (bicyclic) bond motifs is 1. The Hall–Kier alpha value is -1.94. The molecule has 1 atom stereocenters. The second-order valence-electron chi connectivity index (χ2n) is 4.25. The average molecular weight is 314 g/mol. The van der Waals surface area contributed by atoms with Crippen LogP contribution in [0.1, 0.15) is 11.6 Å². The molecular weight excluding hydrogens is 302 g/mol. The first-order valence-corrected chi connectivity index (χ1v) is 6.77. The average Bonchev–Trinajstić information content (AvgIpc) is 2.86. The van der Waals surface area contributed by atoms with Crippen molar-refractivity contribution in [3.63, 3.8) is 0 Å². The first-order valence-electron chi connectivity index (χ1n) is 5.97. The first kappa shape index (κ1) is 12.1. The van der Waals surface area contributed by atoms with Crippen molar-refractivity contribution in [2.24, 2.45) is 0 Å². The van der Waals surface area contributed by atoms with E-state index >= 15 is 0 Å². The van der Waals surface area contributed by atoms with Crippen molar-refractivity contribution < 1.29 is 0 Å². The summed E-state index contributed by atoms with van der Waals surface area (Å²) in [5, 5.41) is 8.44. The van der Waals surface area contributed by atoms with Crippen molar-refractivity contribution in [3.8, 4) is 0 Å². The van der Waals surface area contributed by atoms with Gasteiger partial charge in [0, 0.05) is 4.47 Å². The van der Waals surface area contributed by atoms with Gasteiger partial charge in [0.15, 0.2) is 0 Å². The van der Waals surface area contributed by atoms with Crippen molar-refractivity contribution in [2.75, 3.05) is 0 Å². The molecule has 0 saturated heterocycles. The summed E-state index contributed by atoms with van der Waals surface area (Å²) >= 11 is 3.44. The minimum absolute atomic E-state index is 0.0134. The van der Waals surface area contributed by atoms with Gasteiger partial charge in [-0.15, -0.1) is 11.7 Å². The first-order chi connectivity index (χ1) is 9.29. The second-order valence-corrected chi connectivity index (χ2v) is 5.17. The summed E-state index contributed by atoms with van der Waals surface area (Å²) in [4.78, 5) is 0. The van der Waals surface area contributed by atoms with Crippen LogP contribution in [0.25, 0.3) is 11.0 Å². The minimum Gasteiger partial charge on any atom is -0.233 e. The van der Waals surface area contributed by atoms with Crippen LogP contribution >= 0.6 is 15.9 Å². The predicted molar refractivity (Wildman–Crippen MR) is 80.0 cm³/mol. The van der Waals surface area contributed by atoms with Gasteiger partial charge in [0.25, 0.3) is 0 Å². The van der Waals surface area contributed by atoms with Gasteiger partial charge in [-0.3, -0.25) is 0 Å². The summed E-state index contributed by atoms with van der Waals surface area (Å²) in [7, 11) is 0. The van der Waals surface area contributed by atoms with Crippen LogP contribution in [0, 0.1) is 0 Å². The summed E-state index contributed by atoms with van der Waals surface area (Å²) in [6.45, 7) is 3.92. The number of hydrogen-bond acceptors (Lipinski definition) is 2. The third kappa shape index (κ3) is 2.19. The molecule has 0 radical (unpaired) electrons. The molecule has 0 aliphatic carbocycles. The highest BCUT2D eigenvalue weighted by molar-refractivity contribution is 9.10. The molecule has 3 rings (SSSR count). The van der Waals surface area contributed by atoms with Gasteiger partial charge in [-0.25, -0.2) is 4.68 Å². The summed E-state index contributed by atoms with van der Waals surface area (Å²) in [5.74, 6) is 0. The summed E-state index contributed by atoms with van der Waals surface area (Å²) in [6, 6.07) is 16.1. The Morgan fingerprint density at radius 3 is 2.58 bits per heavy atom. The van der Waals surface area contributed by atoms with E-state index in [1.54, 1.807) is 0 Å². The molecule has 3 nitrogen and oxygen atoms in total. The van der Waals surface area contributed by atoms with E-state index in [0.717, 1.165) is 21.1 Å². The highest BCUT2D eigenvalue weighted by Gasteiger charge is 2.14. The van der Waals surface area contributed by atoms with Gasteiger partial charge in [0.05, 0.1) is 11.6 Å². The van der Waals surface area contributed by atoms with E-state index in [-0.39, 0.29) is 6.04 Å². The number of aromatic nitrogens is 3. The van der Waals surface area contributed by atoms with Crippen LogP contribution in [0.2, 0.25) is 0 Å². The van der Waals surface area contributed by atoms with Crippen LogP contribution in [-0.4, -0.2) is 15.0 Å². The van der Waals surface area contributed by atoms with Gasteiger partial charge in [-0.2, -0.15) is 0 Å². The molecule has 0 spiro atoms. The van der Waals surface area contributed by atoms with E-state index in [2.05, 4.69) is 45.0 Å². The van der Waals surface area contributed by atoms with Crippen LogP contribution in [0.15, 0.2) is 65.7 Å². The number of allylic oxidation sites excluding steroid dienone is 1. The molecule has 4 heteroatoms. The fraction of sp³-hybridized carbons (Fsp3) is 0.0667. The van der Waals surface area contributed by atoms with E-state index < -0.39 is 0 Å². The number of rotatable bonds is 3. The van der Waals surface area contributed by atoms with Crippen LogP contribution in [0.4, 0.5) is 0 Å². The van der Waals surface area contributed by atoms with Gasteiger partial charge < -0.3 is 0 Å². The fourth-order valence-corrected chi connectivity index (χ4v) is 2.39. The maximum atomic E-state index is 4.25. The SMILES string of the molecule is C=C[C@@H](c1ccc(Br)cc1)n1nnc2ccccc21. The molecule has 0 saturated carbocycles. The van der Waals surface area contributed by atoms with Crippen LogP contribution in [0.3, 0.4) is 0 Å². The Kier molecular flexibility index (Phi) is 3.17. The van der Waals surface area contributed by atoms with Crippen molar-refractivity contribution >= 4 is 27.0 Å². The zero-order chi connectivity index (χ0) is 13.2. The third-order valence-electron chi connectivity index (χ3n) is 3.08. The molecular formula is C15H12BrN3. The maximum absolute atomic E-state index is 4.25. The number of para-hydroxylation sites is 1. The standard InChI is InChI=1S/C15H12BrN3/c1-2-14(11-7-9-12(16)10-8-11)19-15-6-4-3-5-13(15)17-18-19/h2-10,14H,1H2/t14-/m0/s1. The zero-order valence-electron chi connectivity index (χ0n) is 10.2. The molecule has 0 bridgehead atoms. The molecule has 2 aromatic carbocycles. The lowest BCUT2D eigenvalue weighted by atomic mass is 10.1. The molecule has 0 N–H and O–H groups in total. The lowest BCUT2D eigenvalue weighted by molar-refractivity contribution is 0.604. The maximum Gasteiger partial charge on any atom is 0.113 e. The normalized spacial score (nSPS) is 12.5. The Balaban J connectivity index is 2.12. The van der Waals surface area contributed by atoms with E-state index in [1.165, 1.54) is 0 Å². The van der Waals surface area contributed by atoms with Crippen LogP contribution in [-0.2, 0) is 0 Å². The molecule has 0 fully saturated rings. The van der Waals surface area contributed by atoms with Crippen LogP contribution in [0.5, 0.6) is 0 Å². The van der Waals surface area contributed by atoms with Gasteiger partial charge in [-0.1, -0.05) is 51.5 Å². The highest BCUT2D eigenvalue weighted by Crippen LogP contribution is 2.24. The Morgan fingerprint density at radius 2 is 1.84 bits per heavy atom. The van der Waals surface area contributed by atoms with Gasteiger partial charge in [-0.05, 0) is 29.8 Å². The molecule has 19 heavy (non-hydrogen) atoms. The Labute approximate surface area is 119 Å². The lowest BCUT2D eigenvalue weighted by Crippen LogP contribution is -2.09. The monoisotopic (exact) mass is 313 g/mol. The lowest BCUT2D eigenvalue weighted by Gasteiger charge is -2.14. The van der Waals surface area contributed by atoms with E-state index in [1.807, 2.05) is 47.2 Å². The van der Waals surface area contributed by atoms with Crippen molar-refractivity contribution in [1.82, 2.24) is 15.0 Å². The summed E-state index contributed by atoms with van der Waals surface area (Å²) in [5.41, 5.74) is 3.04. The Morgan fingerprint density at radius 1 is 1.11 bits per heavy atom. The number of nitrogens with zero attached hydrogens (tertiary/aromatic N) is 3. The zero-order valence-corrected chi connectivity index (χ0v) is 11.8. The summed E-state index contributed by atoms with van der Waals surface area (Å²) < 4.78 is 2.95. The largest absolute Gasteiger partial charge is 0.233 e. The number of halogens is 1. The minimum atomic E-state index is -0.0134. The number of hydrogen-bond donors (Lipinski definition) is 0. The van der Waals surface area contributed by atoms with E-state index in [9.17, 15) is 0 Å². The van der Waals surface area contributed by atoms with Crippen molar-refractivity contribution in [1.29, 1.82) is 0 Å². The molecule has 1 aromatic heterocycles. The summed E-state index contributed by atoms with van der Waals surface area (Å²) in [6.07, 6.45) is 1.88. The fourth-order valence-electron chi connectivity index (χ4n) is 2.13. The molecule has 3 aromatic rings. The number of benzene rings is 2. The van der Waals surface area contributed by atoms with Crippen molar-refractivity contribution in [2.45, 2.75) is 6.04 Å². The topological polar surface area (TPSA) is 30.7 Å². The molecule has 94 valence electrons. The highest BCUT2D eigenvalue weighted by atomic mass is 79.9. The third-order valence-corrected chi connectivity index (χ3v) is 3.60. The molecule has 0 aliphatic rings. The molecule has 1 heterocycles. The molecule has 0 unspecified atom stereocenters. The van der Waals surface area contributed by atoms with Crippen molar-refractivity contribution in [3.05, 3.63) is 71.2 Å². The predicted octanol–water partition coefficient (Wildman–Crippen LogP) is 3.97. The van der Waals surface area contributed by atoms with Crippen LogP contribution < -0.4 is 0 Å².